The number of benzene rings is 2. The largest absolute Gasteiger partial charge is 0.487 e. The Morgan fingerprint density at radius 2 is 2.00 bits per heavy atom. The molecule has 1 aromatic heterocycles. The van der Waals surface area contributed by atoms with Crippen molar-refractivity contribution < 1.29 is 14.3 Å². The van der Waals surface area contributed by atoms with Crippen LogP contribution in [0.3, 0.4) is 0 Å². The van der Waals surface area contributed by atoms with Gasteiger partial charge < -0.3 is 15.0 Å². The van der Waals surface area contributed by atoms with E-state index in [-0.39, 0.29) is 11.8 Å². The first-order chi connectivity index (χ1) is 14.1. The number of thiazole rings is 1. The van der Waals surface area contributed by atoms with E-state index in [2.05, 4.69) is 10.3 Å². The number of rotatable bonds is 6. The minimum atomic E-state index is -0.231. The van der Waals surface area contributed by atoms with Gasteiger partial charge in [-0.05, 0) is 49.7 Å². The van der Waals surface area contributed by atoms with Gasteiger partial charge in [0.2, 0.25) is 5.91 Å². The second kappa shape index (κ2) is 8.45. The SMILES string of the molecule is Cc1nc(COc2ccc(C(=O)Nc3ccccc3N3CCCC3=O)cc2)cs1. The van der Waals surface area contributed by atoms with Gasteiger partial charge in [-0.2, -0.15) is 0 Å². The number of aryl methyl sites for hydroxylation is 1. The van der Waals surface area contributed by atoms with Crippen LogP contribution in [0.4, 0.5) is 11.4 Å². The maximum Gasteiger partial charge on any atom is 0.255 e. The van der Waals surface area contributed by atoms with E-state index in [0.29, 0.717) is 36.6 Å². The summed E-state index contributed by atoms with van der Waals surface area (Å²) in [6.07, 6.45) is 1.38. The number of aromatic nitrogens is 1. The molecule has 7 heteroatoms. The lowest BCUT2D eigenvalue weighted by Crippen LogP contribution is -2.25. The number of anilines is 2. The number of amides is 2. The highest BCUT2D eigenvalue weighted by Crippen LogP contribution is 2.29. The van der Waals surface area contributed by atoms with Gasteiger partial charge in [-0.25, -0.2) is 4.98 Å². The summed E-state index contributed by atoms with van der Waals surface area (Å²) in [6, 6.07) is 14.4. The number of carbonyl (C=O) groups is 2. The van der Waals surface area contributed by atoms with Gasteiger partial charge in [-0.15, -0.1) is 11.3 Å². The van der Waals surface area contributed by atoms with E-state index >= 15 is 0 Å². The summed E-state index contributed by atoms with van der Waals surface area (Å²) in [6.45, 7) is 3.03. The fourth-order valence-electron chi connectivity index (χ4n) is 3.25. The van der Waals surface area contributed by atoms with Crippen LogP contribution in [0.1, 0.15) is 33.9 Å². The summed E-state index contributed by atoms with van der Waals surface area (Å²) < 4.78 is 5.73. The normalized spacial score (nSPS) is 13.6. The first kappa shape index (κ1) is 19.1. The molecule has 2 heterocycles. The number of nitrogens with one attached hydrogen (secondary N) is 1. The topological polar surface area (TPSA) is 71.5 Å². The number of hydrogen-bond acceptors (Lipinski definition) is 5. The van der Waals surface area contributed by atoms with Crippen molar-refractivity contribution in [1.82, 2.24) is 4.98 Å². The van der Waals surface area contributed by atoms with E-state index < -0.39 is 0 Å². The van der Waals surface area contributed by atoms with Crippen LogP contribution in [0.5, 0.6) is 5.75 Å². The Labute approximate surface area is 173 Å². The highest BCUT2D eigenvalue weighted by atomic mass is 32.1. The molecule has 1 fully saturated rings. The smallest absolute Gasteiger partial charge is 0.255 e. The van der Waals surface area contributed by atoms with Crippen LogP contribution >= 0.6 is 11.3 Å². The second-order valence-electron chi connectivity index (χ2n) is 6.79. The number of ether oxygens (including phenoxy) is 1. The molecular formula is C22H21N3O3S. The molecule has 2 aromatic carbocycles. The van der Waals surface area contributed by atoms with E-state index in [1.54, 1.807) is 40.5 Å². The molecule has 0 aliphatic carbocycles. The van der Waals surface area contributed by atoms with Crippen LogP contribution < -0.4 is 15.0 Å². The van der Waals surface area contributed by atoms with Crippen molar-refractivity contribution in [3.8, 4) is 5.75 Å². The van der Waals surface area contributed by atoms with Gasteiger partial charge >= 0.3 is 0 Å². The molecule has 4 rings (SSSR count). The minimum absolute atomic E-state index is 0.0866. The maximum atomic E-state index is 12.7. The fraction of sp³-hybridized carbons (Fsp3) is 0.227. The lowest BCUT2D eigenvalue weighted by molar-refractivity contribution is -0.117. The van der Waals surface area contributed by atoms with Crippen molar-refractivity contribution in [2.45, 2.75) is 26.4 Å². The molecule has 0 radical (unpaired) electrons. The van der Waals surface area contributed by atoms with E-state index in [9.17, 15) is 9.59 Å². The Hall–Kier alpha value is -3.19. The molecule has 1 aliphatic heterocycles. The van der Waals surface area contributed by atoms with E-state index in [1.807, 2.05) is 36.6 Å². The average molecular weight is 407 g/mol. The minimum Gasteiger partial charge on any atom is -0.487 e. The number of hydrogen-bond donors (Lipinski definition) is 1. The Bertz CT molecular complexity index is 1030. The van der Waals surface area contributed by atoms with Crippen molar-refractivity contribution in [1.29, 1.82) is 0 Å². The number of carbonyl (C=O) groups excluding carboxylic acids is 2. The molecule has 1 aliphatic rings. The summed E-state index contributed by atoms with van der Waals surface area (Å²) in [5.74, 6) is 0.532. The van der Waals surface area contributed by atoms with Crippen LogP contribution in [0.25, 0.3) is 0 Å². The standard InChI is InChI=1S/C22H21N3O3S/c1-15-23-17(14-29-15)13-28-18-10-8-16(9-11-18)22(27)24-19-5-2-3-6-20(19)25-12-4-7-21(25)26/h2-3,5-6,8-11,14H,4,7,12-13H2,1H3,(H,24,27). The molecular weight excluding hydrogens is 386 g/mol. The van der Waals surface area contributed by atoms with Gasteiger partial charge in [-0.1, -0.05) is 12.1 Å². The molecule has 1 N–H and O–H groups in total. The summed E-state index contributed by atoms with van der Waals surface area (Å²) in [7, 11) is 0. The molecule has 3 aromatic rings. The average Bonchev–Trinajstić information content (AvgIpc) is 3.35. The van der Waals surface area contributed by atoms with Crippen LogP contribution in [-0.2, 0) is 11.4 Å². The fourth-order valence-corrected chi connectivity index (χ4v) is 3.84. The summed E-state index contributed by atoms with van der Waals surface area (Å²) in [5, 5.41) is 5.90. The van der Waals surface area contributed by atoms with Gasteiger partial charge in [0.05, 0.1) is 22.1 Å². The molecule has 0 atom stereocenters. The highest BCUT2D eigenvalue weighted by Gasteiger charge is 2.24. The van der Waals surface area contributed by atoms with Crippen LogP contribution in [0, 0.1) is 6.92 Å². The molecule has 1 saturated heterocycles. The van der Waals surface area contributed by atoms with Crippen molar-refractivity contribution in [2.24, 2.45) is 0 Å². The number of para-hydroxylation sites is 2. The second-order valence-corrected chi connectivity index (χ2v) is 7.85. The van der Waals surface area contributed by atoms with Crippen molar-refractivity contribution in [3.63, 3.8) is 0 Å². The van der Waals surface area contributed by atoms with Crippen LogP contribution in [0.2, 0.25) is 0 Å². The summed E-state index contributed by atoms with van der Waals surface area (Å²) in [5.41, 5.74) is 2.78. The molecule has 0 spiro atoms. The Kier molecular flexibility index (Phi) is 5.57. The first-order valence-electron chi connectivity index (χ1n) is 9.45. The highest BCUT2D eigenvalue weighted by molar-refractivity contribution is 7.09. The third-order valence-corrected chi connectivity index (χ3v) is 5.51. The van der Waals surface area contributed by atoms with Gasteiger partial charge in [0.15, 0.2) is 0 Å². The molecule has 148 valence electrons. The summed E-state index contributed by atoms with van der Waals surface area (Å²) in [4.78, 5) is 30.9. The predicted octanol–water partition coefficient (Wildman–Crippen LogP) is 4.41. The molecule has 0 saturated carbocycles. The van der Waals surface area contributed by atoms with Gasteiger partial charge in [-0.3, -0.25) is 9.59 Å². The van der Waals surface area contributed by atoms with Gasteiger partial charge in [0, 0.05) is 23.9 Å². The van der Waals surface area contributed by atoms with Crippen LogP contribution in [0.15, 0.2) is 53.9 Å². The third-order valence-electron chi connectivity index (χ3n) is 4.69. The lowest BCUT2D eigenvalue weighted by atomic mass is 10.2. The monoisotopic (exact) mass is 407 g/mol. The molecule has 0 unspecified atom stereocenters. The molecule has 2 amide bonds. The predicted molar refractivity (Wildman–Crippen MR) is 114 cm³/mol. The quantitative estimate of drug-likeness (QED) is 0.657. The zero-order valence-electron chi connectivity index (χ0n) is 16.1. The molecule has 6 nitrogen and oxygen atoms in total. The lowest BCUT2D eigenvalue weighted by Gasteiger charge is -2.20. The zero-order chi connectivity index (χ0) is 20.2. The molecule has 0 bridgehead atoms. The number of nitrogens with zero attached hydrogens (tertiary/aromatic N) is 2. The molecule has 29 heavy (non-hydrogen) atoms. The summed E-state index contributed by atoms with van der Waals surface area (Å²) >= 11 is 1.59. The van der Waals surface area contributed by atoms with E-state index in [0.717, 1.165) is 22.8 Å². The van der Waals surface area contributed by atoms with Crippen LogP contribution in [-0.4, -0.2) is 23.3 Å². The van der Waals surface area contributed by atoms with Crippen molar-refractivity contribution in [3.05, 3.63) is 70.2 Å². The Morgan fingerprint density at radius 3 is 2.69 bits per heavy atom. The first-order valence-corrected chi connectivity index (χ1v) is 10.3. The van der Waals surface area contributed by atoms with Crippen molar-refractivity contribution in [2.75, 3.05) is 16.8 Å². The van der Waals surface area contributed by atoms with E-state index in [4.69, 9.17) is 4.74 Å². The van der Waals surface area contributed by atoms with Gasteiger partial charge in [0.1, 0.15) is 12.4 Å². The zero-order valence-corrected chi connectivity index (χ0v) is 16.9. The van der Waals surface area contributed by atoms with Gasteiger partial charge in [0.25, 0.3) is 5.91 Å². The third kappa shape index (κ3) is 4.46. The van der Waals surface area contributed by atoms with E-state index in [1.165, 1.54) is 0 Å². The van der Waals surface area contributed by atoms with Crippen molar-refractivity contribution >= 4 is 34.5 Å². The maximum absolute atomic E-state index is 12.7. The Balaban J connectivity index is 1.42. The Morgan fingerprint density at radius 1 is 1.21 bits per heavy atom.